The van der Waals surface area contributed by atoms with Crippen LogP contribution in [0.4, 0.5) is 11.4 Å². The van der Waals surface area contributed by atoms with Gasteiger partial charge < -0.3 is 15.0 Å². The molecular formula is C23H28ClN3O3S. The van der Waals surface area contributed by atoms with Crippen molar-refractivity contribution in [3.05, 3.63) is 42.5 Å². The smallest absolute Gasteiger partial charge is 0.232 e. The minimum absolute atomic E-state index is 0.00326. The molecule has 3 aromatic rings. The van der Waals surface area contributed by atoms with Gasteiger partial charge in [-0.1, -0.05) is 12.1 Å². The Balaban J connectivity index is 1.72. The van der Waals surface area contributed by atoms with Gasteiger partial charge in [-0.05, 0) is 56.9 Å². The Kier molecular flexibility index (Phi) is 6.34. The van der Waals surface area contributed by atoms with Crippen molar-refractivity contribution in [2.24, 2.45) is 0 Å². The fraction of sp³-hybridized carbons (Fsp3) is 0.391. The Morgan fingerprint density at radius 1 is 1.19 bits per heavy atom. The number of nitrogen functional groups attached to an aromatic ring is 1. The second-order valence-electron chi connectivity index (χ2n) is 7.87. The van der Waals surface area contributed by atoms with Gasteiger partial charge in [0.2, 0.25) is 10.0 Å². The first kappa shape index (κ1) is 21.8. The van der Waals surface area contributed by atoms with Crippen LogP contribution in [0.3, 0.4) is 0 Å². The van der Waals surface area contributed by atoms with Gasteiger partial charge in [-0.3, -0.25) is 4.72 Å². The van der Waals surface area contributed by atoms with Crippen molar-refractivity contribution < 1.29 is 13.2 Å². The fourth-order valence-corrected chi connectivity index (χ4v) is 5.48. The molecule has 0 unspecified atom stereocenters. The first-order chi connectivity index (χ1) is 14.9. The normalized spacial score (nSPS) is 14.5. The molecule has 0 spiro atoms. The maximum Gasteiger partial charge on any atom is 0.232 e. The molecule has 1 aliphatic carbocycles. The van der Waals surface area contributed by atoms with Crippen LogP contribution in [0.2, 0.25) is 0 Å². The molecule has 8 heteroatoms. The van der Waals surface area contributed by atoms with E-state index in [1.807, 2.05) is 31.2 Å². The zero-order valence-corrected chi connectivity index (χ0v) is 19.2. The summed E-state index contributed by atoms with van der Waals surface area (Å²) in [6, 6.07) is 13.8. The molecule has 4 rings (SSSR count). The van der Waals surface area contributed by atoms with Gasteiger partial charge in [-0.2, -0.15) is 0 Å². The van der Waals surface area contributed by atoms with Crippen molar-refractivity contribution in [2.45, 2.75) is 38.6 Å². The molecule has 0 atom stereocenters. The van der Waals surface area contributed by atoms with Crippen molar-refractivity contribution in [3.63, 3.8) is 0 Å². The first-order valence-corrected chi connectivity index (χ1v) is 12.9. The number of hydrogen-bond donors (Lipinski definition) is 2. The standard InChI is InChI=1S/C23H28ClN3O3S/c1-2-30-19-11-12-20-21(15-19)27(18-5-3-6-18)23(22(20)25)16-7-9-17(10-8-16)26-31(28,29)14-4-13-24/h7-12,15,18,26H,2-6,13-14,25H2,1H3. The maximum absolute atomic E-state index is 12.2. The molecule has 0 aliphatic heterocycles. The molecule has 6 nitrogen and oxygen atoms in total. The van der Waals surface area contributed by atoms with Gasteiger partial charge in [0.1, 0.15) is 5.75 Å². The Hall–Kier alpha value is -2.38. The average molecular weight is 462 g/mol. The number of aromatic nitrogens is 1. The van der Waals surface area contributed by atoms with E-state index in [1.165, 1.54) is 6.42 Å². The Bertz CT molecular complexity index is 1170. The molecule has 166 valence electrons. The summed E-state index contributed by atoms with van der Waals surface area (Å²) in [5.41, 5.74) is 10.9. The minimum atomic E-state index is -3.41. The Morgan fingerprint density at radius 3 is 2.55 bits per heavy atom. The molecular weight excluding hydrogens is 434 g/mol. The highest BCUT2D eigenvalue weighted by molar-refractivity contribution is 7.92. The van der Waals surface area contributed by atoms with E-state index in [2.05, 4.69) is 15.4 Å². The van der Waals surface area contributed by atoms with Gasteiger partial charge in [-0.15, -0.1) is 11.6 Å². The van der Waals surface area contributed by atoms with Crippen molar-refractivity contribution in [1.29, 1.82) is 0 Å². The van der Waals surface area contributed by atoms with Crippen LogP contribution in [0.5, 0.6) is 5.75 Å². The van der Waals surface area contributed by atoms with Crippen molar-refractivity contribution >= 4 is 43.9 Å². The zero-order chi connectivity index (χ0) is 22.0. The highest BCUT2D eigenvalue weighted by Gasteiger charge is 2.27. The van der Waals surface area contributed by atoms with E-state index in [0.29, 0.717) is 30.6 Å². The number of nitrogens with zero attached hydrogens (tertiary/aromatic N) is 1. The Morgan fingerprint density at radius 2 is 1.94 bits per heavy atom. The van der Waals surface area contributed by atoms with Crippen molar-refractivity contribution in [2.75, 3.05) is 28.7 Å². The van der Waals surface area contributed by atoms with Gasteiger partial charge in [-0.25, -0.2) is 8.42 Å². The van der Waals surface area contributed by atoms with E-state index in [1.54, 1.807) is 12.1 Å². The zero-order valence-electron chi connectivity index (χ0n) is 17.6. The van der Waals surface area contributed by atoms with E-state index in [4.69, 9.17) is 22.1 Å². The number of rotatable bonds is 9. The summed E-state index contributed by atoms with van der Waals surface area (Å²) in [6.07, 6.45) is 3.86. The Labute approximate surface area is 188 Å². The first-order valence-electron chi connectivity index (χ1n) is 10.7. The second kappa shape index (κ2) is 9.01. The molecule has 1 aromatic heterocycles. The molecule has 1 aliphatic rings. The van der Waals surface area contributed by atoms with Crippen LogP contribution in [-0.2, 0) is 10.0 Å². The molecule has 1 saturated carbocycles. The maximum atomic E-state index is 12.2. The third-order valence-electron chi connectivity index (χ3n) is 5.74. The van der Waals surface area contributed by atoms with Gasteiger partial charge in [0.15, 0.2) is 0 Å². The van der Waals surface area contributed by atoms with Crippen LogP contribution in [-0.4, -0.2) is 31.2 Å². The van der Waals surface area contributed by atoms with Gasteiger partial charge >= 0.3 is 0 Å². The highest BCUT2D eigenvalue weighted by Crippen LogP contribution is 2.44. The molecule has 0 amide bonds. The van der Waals surface area contributed by atoms with Crippen LogP contribution in [0.25, 0.3) is 22.2 Å². The molecule has 1 heterocycles. The van der Waals surface area contributed by atoms with Crippen LogP contribution in [0.1, 0.15) is 38.6 Å². The molecule has 0 saturated heterocycles. The summed E-state index contributed by atoms with van der Waals surface area (Å²) in [4.78, 5) is 0. The summed E-state index contributed by atoms with van der Waals surface area (Å²) < 4.78 is 35.0. The average Bonchev–Trinajstić information content (AvgIpc) is 2.98. The molecule has 2 aromatic carbocycles. The van der Waals surface area contributed by atoms with Crippen LogP contribution in [0.15, 0.2) is 42.5 Å². The monoisotopic (exact) mass is 461 g/mol. The summed E-state index contributed by atoms with van der Waals surface area (Å²) in [7, 11) is -3.41. The lowest BCUT2D eigenvalue weighted by atomic mass is 9.92. The molecule has 0 radical (unpaired) electrons. The molecule has 3 N–H and O–H groups in total. The van der Waals surface area contributed by atoms with Crippen LogP contribution >= 0.6 is 11.6 Å². The number of anilines is 2. The summed E-state index contributed by atoms with van der Waals surface area (Å²) in [5, 5.41) is 1.01. The lowest BCUT2D eigenvalue weighted by Gasteiger charge is -2.30. The van der Waals surface area contributed by atoms with E-state index in [9.17, 15) is 8.42 Å². The predicted octanol–water partition coefficient (Wildman–Crippen LogP) is 5.38. The molecule has 1 fully saturated rings. The fourth-order valence-electron chi connectivity index (χ4n) is 4.06. The van der Waals surface area contributed by atoms with Crippen molar-refractivity contribution in [3.8, 4) is 17.0 Å². The number of sulfonamides is 1. The van der Waals surface area contributed by atoms with E-state index < -0.39 is 10.0 Å². The number of halogens is 1. The number of hydrogen-bond acceptors (Lipinski definition) is 4. The number of benzene rings is 2. The quantitative estimate of drug-likeness (QED) is 0.418. The third-order valence-corrected chi connectivity index (χ3v) is 7.38. The number of nitrogens with two attached hydrogens (primary N) is 1. The largest absolute Gasteiger partial charge is 0.494 e. The predicted molar refractivity (Wildman–Crippen MR) is 129 cm³/mol. The van der Waals surface area contributed by atoms with E-state index >= 15 is 0 Å². The minimum Gasteiger partial charge on any atom is -0.494 e. The number of alkyl halides is 1. The lowest BCUT2D eigenvalue weighted by Crippen LogP contribution is -2.18. The number of nitrogens with one attached hydrogen (secondary N) is 1. The van der Waals surface area contributed by atoms with Gasteiger partial charge in [0, 0.05) is 34.6 Å². The molecule has 31 heavy (non-hydrogen) atoms. The van der Waals surface area contributed by atoms with Gasteiger partial charge in [0.25, 0.3) is 0 Å². The number of ether oxygens (including phenoxy) is 1. The SMILES string of the molecule is CCOc1ccc2c(N)c(-c3ccc(NS(=O)(=O)CCCCl)cc3)n(C3CCC3)c2c1. The second-order valence-corrected chi connectivity index (χ2v) is 10.1. The number of fused-ring (bicyclic) bond motifs is 1. The van der Waals surface area contributed by atoms with Crippen LogP contribution in [0, 0.1) is 0 Å². The van der Waals surface area contributed by atoms with E-state index in [0.717, 1.165) is 46.4 Å². The third kappa shape index (κ3) is 4.48. The van der Waals surface area contributed by atoms with Crippen molar-refractivity contribution in [1.82, 2.24) is 4.57 Å². The van der Waals surface area contributed by atoms with E-state index in [-0.39, 0.29) is 5.75 Å². The lowest BCUT2D eigenvalue weighted by molar-refractivity contribution is 0.323. The topological polar surface area (TPSA) is 86.3 Å². The van der Waals surface area contributed by atoms with Crippen LogP contribution < -0.4 is 15.2 Å². The van der Waals surface area contributed by atoms with Gasteiger partial charge in [0.05, 0.1) is 29.3 Å². The highest BCUT2D eigenvalue weighted by atomic mass is 35.5. The molecule has 0 bridgehead atoms. The summed E-state index contributed by atoms with van der Waals surface area (Å²) >= 11 is 5.62. The summed E-state index contributed by atoms with van der Waals surface area (Å²) in [6.45, 7) is 2.58. The summed E-state index contributed by atoms with van der Waals surface area (Å²) in [5.74, 6) is 1.15.